The number of nitrogens with one attached hydrogen (secondary N) is 12. The Morgan fingerprint density at radius 1 is 0.646 bits per heavy atom. The molecule has 0 spiro atoms. The molecule has 2 saturated heterocycles. The Balaban J connectivity index is 0.957. The molecule has 130 heavy (non-hydrogen) atoms. The second-order valence-electron chi connectivity index (χ2n) is 34.9. The van der Waals surface area contributed by atoms with Gasteiger partial charge in [-0.1, -0.05) is 55.2 Å². The Hall–Kier alpha value is -11.0. The van der Waals surface area contributed by atoms with Crippen LogP contribution in [0.25, 0.3) is 11.1 Å². The Bertz CT molecular complexity index is 5240. The third-order valence-electron chi connectivity index (χ3n) is 25.0. The molecule has 0 aromatic heterocycles. The van der Waals surface area contributed by atoms with Gasteiger partial charge in [-0.3, -0.25) is 43.7 Å². The molecule has 18 atom stereocenters. The summed E-state index contributed by atoms with van der Waals surface area (Å²) >= 11 is 14.6. The summed E-state index contributed by atoms with van der Waals surface area (Å²) < 4.78 is 51.0. The highest BCUT2D eigenvalue weighted by molar-refractivity contribution is 6.32. The van der Waals surface area contributed by atoms with Crippen LogP contribution in [0.5, 0.6) is 57.5 Å². The van der Waals surface area contributed by atoms with Crippen molar-refractivity contribution in [2.45, 2.75) is 194 Å². The molecule has 10 amide bonds. The van der Waals surface area contributed by atoms with E-state index in [2.05, 4.69) is 63.8 Å². The molecule has 0 unspecified atom stereocenters. The van der Waals surface area contributed by atoms with Gasteiger partial charge in [-0.25, -0.2) is 4.79 Å². The number of phenols is 3. The minimum Gasteiger partial charge on any atom is -0.508 e. The van der Waals surface area contributed by atoms with E-state index >= 15 is 28.8 Å². The third-order valence-corrected chi connectivity index (χ3v) is 25.6. The van der Waals surface area contributed by atoms with Gasteiger partial charge in [0.25, 0.3) is 0 Å². The van der Waals surface area contributed by atoms with E-state index in [9.17, 15) is 60.3 Å². The Morgan fingerprint density at radius 3 is 1.89 bits per heavy atom. The number of carbonyl (C=O) groups excluding carboxylic acids is 9. The zero-order valence-electron chi connectivity index (χ0n) is 72.0. The molecule has 4 aliphatic carbocycles. The molecular formula is C89H109Cl2N13O26. The fraction of sp³-hybridized carbons (Fsp3) is 0.494. The Morgan fingerprint density at radius 2 is 1.27 bits per heavy atom. The van der Waals surface area contributed by atoms with E-state index < -0.39 is 237 Å². The van der Waals surface area contributed by atoms with E-state index in [1.54, 1.807) is 20.2 Å². The van der Waals surface area contributed by atoms with Crippen molar-refractivity contribution >= 4 is 82.2 Å². The predicted molar refractivity (Wildman–Crippen MR) is 464 cm³/mol. The number of hydrogen-bond acceptors (Lipinski definition) is 30. The first-order chi connectivity index (χ1) is 62.0. The summed E-state index contributed by atoms with van der Waals surface area (Å²) in [7, 11) is 4.86. The fourth-order valence-corrected chi connectivity index (χ4v) is 19.0. The monoisotopic (exact) mass is 1850 g/mol. The van der Waals surface area contributed by atoms with Gasteiger partial charge < -0.3 is 148 Å². The molecule has 15 bridgehead atoms. The van der Waals surface area contributed by atoms with E-state index in [1.807, 2.05) is 13.8 Å². The maximum absolute atomic E-state index is 16.8. The van der Waals surface area contributed by atoms with Crippen molar-refractivity contribution in [3.05, 3.63) is 135 Å². The van der Waals surface area contributed by atoms with Crippen molar-refractivity contribution in [2.24, 2.45) is 35.3 Å². The van der Waals surface area contributed by atoms with Gasteiger partial charge in [0.1, 0.15) is 120 Å². The molecule has 17 rings (SSSR count). The molecule has 7 aliphatic heterocycles. The first-order valence-electron chi connectivity index (χ1n) is 43.0. The topological polar surface area (TPSA) is 580 Å². The zero-order valence-corrected chi connectivity index (χ0v) is 73.5. The van der Waals surface area contributed by atoms with Gasteiger partial charge in [-0.05, 0) is 198 Å². The molecular weight excluding hydrogens is 1740 g/mol. The van der Waals surface area contributed by atoms with Gasteiger partial charge in [0.2, 0.25) is 59.3 Å². The molecule has 6 aromatic carbocycles. The first kappa shape index (κ1) is 95.1. The second-order valence-corrected chi connectivity index (χ2v) is 35.8. The lowest BCUT2D eigenvalue weighted by molar-refractivity contribution is -0.333. The number of aliphatic hydroxyl groups is 6. The highest BCUT2D eigenvalue weighted by Gasteiger charge is 2.53. The van der Waals surface area contributed by atoms with Crippen molar-refractivity contribution in [2.75, 3.05) is 59.4 Å². The molecule has 6 aromatic rings. The number of aromatic hydroxyl groups is 3. The summed E-state index contributed by atoms with van der Waals surface area (Å²) in [6.45, 7) is 6.68. The SMILES string of the molecule is CNCCOc1ccc(OCCNC)c(NC(=O)NC(=O)C[C@@H]2NC(=O)[C@H](NC(=O)[C@@H](CC(C)C)NC)[C@H](O)c3ccc(c(Cl)c3)Oc3cc4cc(c3O[C@@H]3O[C@H](CO)[C@@H](O)[C@H](O)[C@H]3O[C@H]3C[C@](C)(N)[C@H](O)[C@H](C)O3)Oc3ccc(cc3Cl)[C@@H](O)[C@@H]3NC(=O)[C@H](NC(=O)[C@@H]4NC2=O)c2ccc(O)c(c2)-c2c(O)cc(O)cc2[C@@H](C(=O)NC2C4CC5CC(C4)CC2C5)NC3=O)c1. The molecule has 700 valence electrons. The van der Waals surface area contributed by atoms with E-state index in [-0.39, 0.29) is 100 Å². The molecule has 6 fully saturated rings. The number of phenolic OH excluding ortho intramolecular Hbond substituents is 3. The van der Waals surface area contributed by atoms with Crippen LogP contribution in [0.4, 0.5) is 10.5 Å². The lowest BCUT2D eigenvalue weighted by Crippen LogP contribution is -2.64. The van der Waals surface area contributed by atoms with Crippen molar-refractivity contribution in [3.63, 3.8) is 0 Å². The highest BCUT2D eigenvalue weighted by Crippen LogP contribution is 2.55. The number of nitrogens with two attached hydrogens (primary N) is 1. The van der Waals surface area contributed by atoms with E-state index in [1.165, 1.54) is 57.3 Å². The number of anilines is 1. The summed E-state index contributed by atoms with van der Waals surface area (Å²) in [6.07, 6.45) is -14.8. The van der Waals surface area contributed by atoms with Crippen LogP contribution in [-0.4, -0.2) is 238 Å². The van der Waals surface area contributed by atoms with Gasteiger partial charge in [0.15, 0.2) is 23.9 Å². The lowest BCUT2D eigenvalue weighted by Gasteiger charge is -2.54. The number of rotatable bonds is 23. The summed E-state index contributed by atoms with van der Waals surface area (Å²) in [5.41, 5.74) is 2.81. The summed E-state index contributed by atoms with van der Waals surface area (Å²) in [4.78, 5) is 140. The number of urea groups is 1. The smallest absolute Gasteiger partial charge is 0.325 e. The molecule has 41 heteroatoms. The summed E-state index contributed by atoms with van der Waals surface area (Å²) in [5.74, 6) is -13.7. The predicted octanol–water partition coefficient (Wildman–Crippen LogP) is 3.02. The number of hydrogen-bond donors (Lipinski definition) is 22. The quantitative estimate of drug-likeness (QED) is 0.0410. The van der Waals surface area contributed by atoms with E-state index in [4.69, 9.17) is 66.8 Å². The number of imide groups is 1. The largest absolute Gasteiger partial charge is 0.508 e. The average molecular weight is 1850 g/mol. The van der Waals surface area contributed by atoms with Crippen molar-refractivity contribution < 1.29 is 127 Å². The normalized spacial score (nSPS) is 29.6. The maximum atomic E-state index is 16.8. The van der Waals surface area contributed by atoms with Gasteiger partial charge in [0, 0.05) is 54.4 Å². The number of likely N-dealkylation sites (N-methyl/N-ethyl adjacent to an activating group) is 3. The van der Waals surface area contributed by atoms with Crippen molar-refractivity contribution in [3.8, 4) is 68.6 Å². The number of aliphatic hydroxyl groups excluding tert-OH is 6. The van der Waals surface area contributed by atoms with Crippen LogP contribution in [0, 0.1) is 29.6 Å². The molecule has 23 N–H and O–H groups in total. The number of ether oxygens (including phenoxy) is 8. The van der Waals surface area contributed by atoms with Crippen LogP contribution in [0.15, 0.2) is 97.1 Å². The molecule has 0 radical (unpaired) electrons. The second kappa shape index (κ2) is 40.4. The van der Waals surface area contributed by atoms with Gasteiger partial charge in [0.05, 0.1) is 47.0 Å². The van der Waals surface area contributed by atoms with Crippen molar-refractivity contribution in [1.82, 2.24) is 58.5 Å². The van der Waals surface area contributed by atoms with Crippen LogP contribution in [0.1, 0.15) is 137 Å². The number of halogens is 2. The van der Waals surface area contributed by atoms with Crippen LogP contribution >= 0.6 is 23.2 Å². The van der Waals surface area contributed by atoms with Crippen LogP contribution < -0.4 is 93.2 Å². The number of fused-ring (bicyclic) bond motifs is 15. The van der Waals surface area contributed by atoms with Gasteiger partial charge in [-0.2, -0.15) is 0 Å². The zero-order chi connectivity index (χ0) is 93.2. The fourth-order valence-electron chi connectivity index (χ4n) is 18.6. The first-order valence-corrected chi connectivity index (χ1v) is 43.8. The van der Waals surface area contributed by atoms with Gasteiger partial charge in [-0.15, -0.1) is 0 Å². The highest BCUT2D eigenvalue weighted by atomic mass is 35.5. The summed E-state index contributed by atoms with van der Waals surface area (Å²) in [6, 6.07) is 2.80. The lowest BCUT2D eigenvalue weighted by atomic mass is 9.54. The Kier molecular flexibility index (Phi) is 29.5. The van der Waals surface area contributed by atoms with Gasteiger partial charge >= 0.3 is 6.03 Å². The maximum Gasteiger partial charge on any atom is 0.325 e. The van der Waals surface area contributed by atoms with Crippen LogP contribution in [0.2, 0.25) is 10.0 Å². The molecule has 11 aliphatic rings. The summed E-state index contributed by atoms with van der Waals surface area (Å²) in [5, 5.41) is 139. The Labute approximate surface area is 756 Å². The van der Waals surface area contributed by atoms with E-state index in [0.29, 0.717) is 24.9 Å². The standard InChI is InChI=1S/C89H109Cl2N13O26/c1-37(2)20-54(95-7)80(115)103-71-73(110)42-9-13-58(51(90)27-42)126-61-29-46-30-62(77(61)130-87-78(76(113)75(112)63(36-105)128-87)129-65-35-89(4,92)79(114)38(3)125-65)127-59-14-10-43(28-52(59)91)74(111)72-86(121)102-70(84(119)99-67-44-22-39-21-40(24-44)25-45(67)23-39)50-31-47(106)32-57(108)66(50)49-26-41(8-12-56(49)107)68(82(117)104-72)101-83(118)69(46)100-81(116)55(96-85(71)120)34-64(109)98-88(122)97-53-33-48(123-18-16-93-5)11-15-60(53)124-19-17-94-6/h8-15,26-33,37-40,44-45,54-55,63,65,67-76,78-79,87,93-95,105-108,110-114H,16-25,34-36,92H2,1-7H3,(H,96,120)(H,99,119)(H,100,116)(H,101,118)(H,102,121)(H,103,115)(H,104,117)(H2,97,98,109,122)/t38-,39?,40?,44?,45?,54+,55-,63+,65-,67?,68+,69+,70-,71+,72-,73+,74+,75+,76-,78+,79+,87-,89-/m0/s1. The molecule has 4 saturated carbocycles. The molecule has 39 nitrogen and oxygen atoms in total. The van der Waals surface area contributed by atoms with Crippen LogP contribution in [-0.2, 0) is 52.6 Å². The number of amides is 10. The van der Waals surface area contributed by atoms with E-state index in [0.717, 1.165) is 86.7 Å². The third kappa shape index (κ3) is 21.0. The minimum atomic E-state index is -2.45. The van der Waals surface area contributed by atoms with Crippen LogP contribution in [0.3, 0.4) is 0 Å². The molecule has 7 heterocycles. The average Bonchev–Trinajstić information content (AvgIpc) is 0.749. The number of carbonyl (C=O) groups is 9. The minimum absolute atomic E-state index is 0.0160. The number of benzene rings is 6. The van der Waals surface area contributed by atoms with Crippen molar-refractivity contribution in [1.29, 1.82) is 0 Å².